The zero-order valence-corrected chi connectivity index (χ0v) is 10.6. The molecule has 0 aliphatic rings. The maximum atomic E-state index is 12.5. The normalized spacial score (nSPS) is 10.8. The van der Waals surface area contributed by atoms with Crippen molar-refractivity contribution in [1.29, 1.82) is 0 Å². The van der Waals surface area contributed by atoms with Crippen LogP contribution in [0.5, 0.6) is 0 Å². The molecule has 3 aromatic rings. The standard InChI is InChI=1S/C16H14N2O/c1-11-5-4-7-13(9-11)18-15(17)10-12-6-2-3-8-14(12)16(18)19/h2-10H,17H2,1H3. The third-order valence-electron chi connectivity index (χ3n) is 3.22. The molecule has 0 atom stereocenters. The molecule has 0 spiro atoms. The van der Waals surface area contributed by atoms with E-state index in [0.717, 1.165) is 16.6 Å². The average Bonchev–Trinajstić information content (AvgIpc) is 2.39. The molecule has 94 valence electrons. The summed E-state index contributed by atoms with van der Waals surface area (Å²) in [5.74, 6) is 0.453. The first-order chi connectivity index (χ1) is 9.16. The fourth-order valence-electron chi connectivity index (χ4n) is 2.31. The molecule has 3 nitrogen and oxygen atoms in total. The van der Waals surface area contributed by atoms with Crippen LogP contribution in [0.4, 0.5) is 5.82 Å². The molecule has 2 N–H and O–H groups in total. The van der Waals surface area contributed by atoms with Crippen molar-refractivity contribution >= 4 is 16.6 Å². The van der Waals surface area contributed by atoms with E-state index >= 15 is 0 Å². The van der Waals surface area contributed by atoms with Crippen molar-refractivity contribution in [2.24, 2.45) is 0 Å². The van der Waals surface area contributed by atoms with Crippen molar-refractivity contribution in [3.05, 3.63) is 70.5 Å². The van der Waals surface area contributed by atoms with Crippen LogP contribution < -0.4 is 11.3 Å². The van der Waals surface area contributed by atoms with E-state index in [4.69, 9.17) is 5.73 Å². The van der Waals surface area contributed by atoms with E-state index in [9.17, 15) is 4.79 Å². The number of rotatable bonds is 1. The second-order valence-corrected chi connectivity index (χ2v) is 4.64. The largest absolute Gasteiger partial charge is 0.385 e. The van der Waals surface area contributed by atoms with E-state index in [1.54, 1.807) is 4.57 Å². The molecule has 0 saturated heterocycles. The Balaban J connectivity index is 2.39. The van der Waals surface area contributed by atoms with Crippen molar-refractivity contribution < 1.29 is 0 Å². The number of fused-ring (bicyclic) bond motifs is 1. The van der Waals surface area contributed by atoms with Crippen molar-refractivity contribution in [2.45, 2.75) is 6.92 Å². The van der Waals surface area contributed by atoms with Gasteiger partial charge in [0.15, 0.2) is 0 Å². The quantitative estimate of drug-likeness (QED) is 0.722. The van der Waals surface area contributed by atoms with E-state index in [-0.39, 0.29) is 5.56 Å². The van der Waals surface area contributed by atoms with Crippen molar-refractivity contribution in [3.8, 4) is 5.69 Å². The topological polar surface area (TPSA) is 48.0 Å². The molecule has 0 fully saturated rings. The number of aryl methyl sites for hydroxylation is 1. The Labute approximate surface area is 110 Å². The third kappa shape index (κ3) is 1.89. The lowest BCUT2D eigenvalue weighted by molar-refractivity contribution is 1.02. The summed E-state index contributed by atoms with van der Waals surface area (Å²) in [6, 6.07) is 17.1. The molecular weight excluding hydrogens is 236 g/mol. The predicted molar refractivity (Wildman–Crippen MR) is 78.7 cm³/mol. The van der Waals surface area contributed by atoms with Gasteiger partial charge < -0.3 is 5.73 Å². The molecule has 2 aromatic carbocycles. The molecule has 0 amide bonds. The number of hydrogen-bond acceptors (Lipinski definition) is 2. The van der Waals surface area contributed by atoms with Gasteiger partial charge in [0.1, 0.15) is 5.82 Å². The second kappa shape index (κ2) is 4.28. The van der Waals surface area contributed by atoms with Crippen LogP contribution in [0.1, 0.15) is 5.56 Å². The van der Waals surface area contributed by atoms with Gasteiger partial charge in [-0.15, -0.1) is 0 Å². The van der Waals surface area contributed by atoms with Gasteiger partial charge >= 0.3 is 0 Å². The lowest BCUT2D eigenvalue weighted by Crippen LogP contribution is -2.21. The fourth-order valence-corrected chi connectivity index (χ4v) is 2.31. The van der Waals surface area contributed by atoms with Crippen LogP contribution in [0.15, 0.2) is 59.4 Å². The van der Waals surface area contributed by atoms with E-state index in [1.165, 1.54) is 0 Å². The Morgan fingerprint density at radius 1 is 1.00 bits per heavy atom. The monoisotopic (exact) mass is 250 g/mol. The lowest BCUT2D eigenvalue weighted by atomic mass is 10.1. The number of hydrogen-bond donors (Lipinski definition) is 1. The highest BCUT2D eigenvalue weighted by molar-refractivity contribution is 5.84. The smallest absolute Gasteiger partial charge is 0.264 e. The van der Waals surface area contributed by atoms with Crippen LogP contribution in [0, 0.1) is 6.92 Å². The molecule has 0 radical (unpaired) electrons. The SMILES string of the molecule is Cc1cccc(-n2c(N)cc3ccccc3c2=O)c1. The number of nitrogens with zero attached hydrogens (tertiary/aromatic N) is 1. The van der Waals surface area contributed by atoms with Gasteiger partial charge in [0.25, 0.3) is 5.56 Å². The van der Waals surface area contributed by atoms with Crippen LogP contribution >= 0.6 is 0 Å². The van der Waals surface area contributed by atoms with E-state index < -0.39 is 0 Å². The first kappa shape index (κ1) is 11.5. The zero-order valence-electron chi connectivity index (χ0n) is 10.6. The second-order valence-electron chi connectivity index (χ2n) is 4.64. The lowest BCUT2D eigenvalue weighted by Gasteiger charge is -2.11. The Morgan fingerprint density at radius 2 is 1.79 bits per heavy atom. The Morgan fingerprint density at radius 3 is 2.58 bits per heavy atom. The highest BCUT2D eigenvalue weighted by atomic mass is 16.1. The van der Waals surface area contributed by atoms with Gasteiger partial charge in [-0.2, -0.15) is 0 Å². The summed E-state index contributed by atoms with van der Waals surface area (Å²) in [7, 11) is 0. The van der Waals surface area contributed by atoms with E-state index in [2.05, 4.69) is 0 Å². The van der Waals surface area contributed by atoms with Gasteiger partial charge in [-0.3, -0.25) is 9.36 Å². The number of nitrogens with two attached hydrogens (primary N) is 1. The summed E-state index contributed by atoms with van der Waals surface area (Å²) in [6.07, 6.45) is 0. The van der Waals surface area contributed by atoms with Crippen molar-refractivity contribution in [2.75, 3.05) is 5.73 Å². The zero-order chi connectivity index (χ0) is 13.4. The minimum absolute atomic E-state index is 0.0822. The summed E-state index contributed by atoms with van der Waals surface area (Å²) < 4.78 is 1.55. The van der Waals surface area contributed by atoms with Crippen LogP contribution in [-0.4, -0.2) is 4.57 Å². The molecule has 0 bridgehead atoms. The number of nitrogen functional groups attached to an aromatic ring is 1. The van der Waals surface area contributed by atoms with E-state index in [1.807, 2.05) is 61.5 Å². The molecule has 1 aromatic heterocycles. The number of aromatic nitrogens is 1. The van der Waals surface area contributed by atoms with Gasteiger partial charge in [-0.1, -0.05) is 30.3 Å². The maximum absolute atomic E-state index is 12.5. The summed E-state index contributed by atoms with van der Waals surface area (Å²) in [5.41, 5.74) is 7.84. The first-order valence-corrected chi connectivity index (χ1v) is 6.14. The van der Waals surface area contributed by atoms with Crippen molar-refractivity contribution in [1.82, 2.24) is 4.57 Å². The van der Waals surface area contributed by atoms with Gasteiger partial charge in [-0.25, -0.2) is 0 Å². The van der Waals surface area contributed by atoms with Crippen LogP contribution in [-0.2, 0) is 0 Å². The summed E-state index contributed by atoms with van der Waals surface area (Å²) in [6.45, 7) is 1.99. The Kier molecular flexibility index (Phi) is 2.60. The fraction of sp³-hybridized carbons (Fsp3) is 0.0625. The summed E-state index contributed by atoms with van der Waals surface area (Å²) >= 11 is 0. The molecule has 1 heterocycles. The number of pyridine rings is 1. The maximum Gasteiger partial charge on any atom is 0.264 e. The average molecular weight is 250 g/mol. The third-order valence-corrected chi connectivity index (χ3v) is 3.22. The Bertz CT molecular complexity index is 818. The highest BCUT2D eigenvalue weighted by Gasteiger charge is 2.08. The van der Waals surface area contributed by atoms with E-state index in [0.29, 0.717) is 11.2 Å². The molecule has 0 saturated carbocycles. The van der Waals surface area contributed by atoms with Gasteiger partial charge in [-0.05, 0) is 42.1 Å². The first-order valence-electron chi connectivity index (χ1n) is 6.14. The molecule has 3 heteroatoms. The molecule has 0 aliphatic carbocycles. The van der Waals surface area contributed by atoms with Crippen molar-refractivity contribution in [3.63, 3.8) is 0 Å². The molecule has 3 rings (SSSR count). The van der Waals surface area contributed by atoms with Crippen LogP contribution in [0.3, 0.4) is 0 Å². The van der Waals surface area contributed by atoms with Gasteiger partial charge in [0.2, 0.25) is 0 Å². The van der Waals surface area contributed by atoms with Crippen LogP contribution in [0.25, 0.3) is 16.5 Å². The Hall–Kier alpha value is -2.55. The van der Waals surface area contributed by atoms with Gasteiger partial charge in [0, 0.05) is 5.39 Å². The minimum atomic E-state index is -0.0822. The summed E-state index contributed by atoms with van der Waals surface area (Å²) in [5, 5.41) is 1.55. The number of anilines is 1. The van der Waals surface area contributed by atoms with Gasteiger partial charge in [0.05, 0.1) is 5.69 Å². The molecule has 0 unspecified atom stereocenters. The molecular formula is C16H14N2O. The molecule has 0 aliphatic heterocycles. The highest BCUT2D eigenvalue weighted by Crippen LogP contribution is 2.17. The predicted octanol–water partition coefficient (Wildman–Crippen LogP) is 2.88. The minimum Gasteiger partial charge on any atom is -0.385 e. The summed E-state index contributed by atoms with van der Waals surface area (Å²) in [4.78, 5) is 12.5. The van der Waals surface area contributed by atoms with Crippen LogP contribution in [0.2, 0.25) is 0 Å². The molecule has 19 heavy (non-hydrogen) atoms. The number of benzene rings is 2.